The van der Waals surface area contributed by atoms with E-state index in [2.05, 4.69) is 33.4 Å². The molecule has 0 radical (unpaired) electrons. The number of halogens is 1. The highest BCUT2D eigenvalue weighted by molar-refractivity contribution is 9.10. The van der Waals surface area contributed by atoms with Crippen molar-refractivity contribution in [3.8, 4) is 0 Å². The van der Waals surface area contributed by atoms with Gasteiger partial charge in [0.05, 0.1) is 0 Å². The molecule has 1 heterocycles. The fourth-order valence-electron chi connectivity index (χ4n) is 3.32. The number of piperidine rings is 1. The zero-order chi connectivity index (χ0) is 16.2. The Hall–Kier alpha value is -1.36. The maximum Gasteiger partial charge on any atom is 0.224 e. The standard InChI is InChI=1S/C18H23BrN2O2/c19-14-6-4-5-13(11-14)15-12-16(15)18(23)20-8-7-17(22)21-9-2-1-3-10-21/h4-6,11,15-16H,1-3,7-10,12H2,(H,20,23)/t15-,16-/m1/s1. The van der Waals surface area contributed by atoms with Crippen LogP contribution in [0.4, 0.5) is 0 Å². The highest BCUT2D eigenvalue weighted by Crippen LogP contribution is 2.47. The summed E-state index contributed by atoms with van der Waals surface area (Å²) in [5, 5.41) is 2.93. The van der Waals surface area contributed by atoms with Crippen molar-refractivity contribution < 1.29 is 9.59 Å². The van der Waals surface area contributed by atoms with Gasteiger partial charge < -0.3 is 10.2 Å². The normalized spacial score (nSPS) is 23.4. The van der Waals surface area contributed by atoms with Crippen LogP contribution in [0.3, 0.4) is 0 Å². The van der Waals surface area contributed by atoms with E-state index in [0.29, 0.717) is 18.9 Å². The number of nitrogens with zero attached hydrogens (tertiary/aromatic N) is 1. The lowest BCUT2D eigenvalue weighted by atomic mass is 10.1. The molecule has 1 aliphatic heterocycles. The summed E-state index contributed by atoms with van der Waals surface area (Å²) in [5.74, 6) is 0.644. The Kier molecular flexibility index (Phi) is 5.36. The molecule has 124 valence electrons. The number of carbonyl (C=O) groups is 2. The van der Waals surface area contributed by atoms with E-state index < -0.39 is 0 Å². The van der Waals surface area contributed by atoms with E-state index in [4.69, 9.17) is 0 Å². The van der Waals surface area contributed by atoms with Gasteiger partial charge in [-0.3, -0.25) is 9.59 Å². The molecule has 2 atom stereocenters. The van der Waals surface area contributed by atoms with Gasteiger partial charge in [-0.25, -0.2) is 0 Å². The summed E-state index contributed by atoms with van der Waals surface area (Å²) in [6.07, 6.45) is 4.75. The molecule has 1 saturated heterocycles. The van der Waals surface area contributed by atoms with Crippen LogP contribution < -0.4 is 5.32 Å². The first kappa shape index (κ1) is 16.5. The van der Waals surface area contributed by atoms with Crippen LogP contribution in [0.25, 0.3) is 0 Å². The van der Waals surface area contributed by atoms with Crippen LogP contribution in [0.5, 0.6) is 0 Å². The number of hydrogen-bond donors (Lipinski definition) is 1. The van der Waals surface area contributed by atoms with Crippen molar-refractivity contribution in [2.45, 2.75) is 38.0 Å². The topological polar surface area (TPSA) is 49.4 Å². The molecule has 1 aromatic carbocycles. The Bertz CT molecular complexity index is 584. The van der Waals surface area contributed by atoms with Crippen molar-refractivity contribution >= 4 is 27.7 Å². The van der Waals surface area contributed by atoms with Crippen molar-refractivity contribution in [2.75, 3.05) is 19.6 Å². The van der Waals surface area contributed by atoms with E-state index in [1.165, 1.54) is 12.0 Å². The summed E-state index contributed by atoms with van der Waals surface area (Å²) >= 11 is 3.47. The molecule has 1 aliphatic carbocycles. The van der Waals surface area contributed by atoms with Gasteiger partial charge >= 0.3 is 0 Å². The summed E-state index contributed by atoms with van der Waals surface area (Å²) in [5.41, 5.74) is 1.21. The fourth-order valence-corrected chi connectivity index (χ4v) is 3.73. The monoisotopic (exact) mass is 378 g/mol. The van der Waals surface area contributed by atoms with Gasteiger partial charge in [-0.05, 0) is 49.3 Å². The highest BCUT2D eigenvalue weighted by Gasteiger charge is 2.43. The predicted molar refractivity (Wildman–Crippen MR) is 93.0 cm³/mol. The van der Waals surface area contributed by atoms with Gasteiger partial charge in [0, 0.05) is 36.4 Å². The number of likely N-dealkylation sites (tertiary alicyclic amines) is 1. The van der Waals surface area contributed by atoms with E-state index in [9.17, 15) is 9.59 Å². The van der Waals surface area contributed by atoms with Crippen LogP contribution in [-0.2, 0) is 9.59 Å². The lowest BCUT2D eigenvalue weighted by Gasteiger charge is -2.26. The van der Waals surface area contributed by atoms with Crippen molar-refractivity contribution in [1.82, 2.24) is 10.2 Å². The predicted octanol–water partition coefficient (Wildman–Crippen LogP) is 3.07. The minimum Gasteiger partial charge on any atom is -0.355 e. The van der Waals surface area contributed by atoms with Crippen LogP contribution in [0.2, 0.25) is 0 Å². The first-order valence-corrected chi connectivity index (χ1v) is 9.25. The fraction of sp³-hybridized carbons (Fsp3) is 0.556. The number of nitrogens with one attached hydrogen (secondary N) is 1. The number of hydrogen-bond acceptors (Lipinski definition) is 2. The second-order valence-corrected chi connectivity index (χ2v) is 7.40. The molecule has 1 saturated carbocycles. The lowest BCUT2D eigenvalue weighted by molar-refractivity contribution is -0.132. The average molecular weight is 379 g/mol. The Balaban J connectivity index is 1.40. The smallest absolute Gasteiger partial charge is 0.224 e. The number of carbonyl (C=O) groups excluding carboxylic acids is 2. The molecule has 1 N–H and O–H groups in total. The Morgan fingerprint density at radius 2 is 2.00 bits per heavy atom. The van der Waals surface area contributed by atoms with Gasteiger partial charge in [-0.1, -0.05) is 28.1 Å². The van der Waals surface area contributed by atoms with Gasteiger partial charge in [0.25, 0.3) is 0 Å². The molecular formula is C18H23BrN2O2. The Labute approximate surface area is 145 Å². The van der Waals surface area contributed by atoms with Gasteiger partial charge in [-0.15, -0.1) is 0 Å². The van der Waals surface area contributed by atoms with Crippen molar-refractivity contribution in [1.29, 1.82) is 0 Å². The number of amides is 2. The lowest BCUT2D eigenvalue weighted by Crippen LogP contribution is -2.38. The average Bonchev–Trinajstić information content (AvgIpc) is 3.36. The molecule has 5 heteroatoms. The summed E-state index contributed by atoms with van der Waals surface area (Å²) in [7, 11) is 0. The maximum absolute atomic E-state index is 12.2. The zero-order valence-electron chi connectivity index (χ0n) is 13.3. The van der Waals surface area contributed by atoms with Gasteiger partial charge in [0.2, 0.25) is 11.8 Å². The first-order chi connectivity index (χ1) is 11.1. The van der Waals surface area contributed by atoms with Gasteiger partial charge in [0.15, 0.2) is 0 Å². The molecule has 2 aliphatic rings. The van der Waals surface area contributed by atoms with E-state index >= 15 is 0 Å². The number of rotatable bonds is 5. The van der Waals surface area contributed by atoms with Crippen molar-refractivity contribution in [3.05, 3.63) is 34.3 Å². The molecule has 1 aromatic rings. The van der Waals surface area contributed by atoms with Gasteiger partial charge in [0.1, 0.15) is 0 Å². The summed E-state index contributed by atoms with van der Waals surface area (Å²) in [6.45, 7) is 2.20. The molecule has 4 nitrogen and oxygen atoms in total. The molecule has 0 unspecified atom stereocenters. The van der Waals surface area contributed by atoms with E-state index in [-0.39, 0.29) is 17.7 Å². The Morgan fingerprint density at radius 1 is 1.22 bits per heavy atom. The SMILES string of the molecule is O=C(NCCC(=O)N1CCCCC1)[C@@H]1C[C@@H]1c1cccc(Br)c1. The third kappa shape index (κ3) is 4.34. The summed E-state index contributed by atoms with van der Waals surface area (Å²) in [4.78, 5) is 26.2. The third-order valence-corrected chi connectivity index (χ3v) is 5.24. The van der Waals surface area contributed by atoms with Crippen LogP contribution in [-0.4, -0.2) is 36.3 Å². The first-order valence-electron chi connectivity index (χ1n) is 8.46. The van der Waals surface area contributed by atoms with E-state index in [1.807, 2.05) is 17.0 Å². The molecular weight excluding hydrogens is 356 g/mol. The molecule has 0 spiro atoms. The molecule has 2 amide bonds. The second kappa shape index (κ2) is 7.47. The van der Waals surface area contributed by atoms with Crippen molar-refractivity contribution in [2.24, 2.45) is 5.92 Å². The van der Waals surface area contributed by atoms with Crippen molar-refractivity contribution in [3.63, 3.8) is 0 Å². The molecule has 23 heavy (non-hydrogen) atoms. The molecule has 0 bridgehead atoms. The molecule has 3 rings (SSSR count). The van der Waals surface area contributed by atoms with Crippen LogP contribution in [0.1, 0.15) is 43.6 Å². The Morgan fingerprint density at radius 3 is 2.74 bits per heavy atom. The van der Waals surface area contributed by atoms with Crippen LogP contribution in [0, 0.1) is 5.92 Å². The molecule has 0 aromatic heterocycles. The quantitative estimate of drug-likeness (QED) is 0.855. The molecule has 2 fully saturated rings. The van der Waals surface area contributed by atoms with E-state index in [1.54, 1.807) is 0 Å². The van der Waals surface area contributed by atoms with Gasteiger partial charge in [-0.2, -0.15) is 0 Å². The van der Waals surface area contributed by atoms with E-state index in [0.717, 1.165) is 36.8 Å². The zero-order valence-corrected chi connectivity index (χ0v) is 14.8. The number of benzene rings is 1. The highest BCUT2D eigenvalue weighted by atomic mass is 79.9. The van der Waals surface area contributed by atoms with Crippen LogP contribution in [0.15, 0.2) is 28.7 Å². The minimum absolute atomic E-state index is 0.0642. The van der Waals surface area contributed by atoms with Crippen LogP contribution >= 0.6 is 15.9 Å². The maximum atomic E-state index is 12.2. The summed E-state index contributed by atoms with van der Waals surface area (Å²) in [6, 6.07) is 8.15. The summed E-state index contributed by atoms with van der Waals surface area (Å²) < 4.78 is 1.05. The minimum atomic E-state index is 0.0642. The largest absolute Gasteiger partial charge is 0.355 e. The second-order valence-electron chi connectivity index (χ2n) is 6.49. The third-order valence-electron chi connectivity index (χ3n) is 4.75.